The van der Waals surface area contributed by atoms with E-state index in [9.17, 15) is 4.79 Å². The van der Waals surface area contributed by atoms with Crippen LogP contribution >= 0.6 is 0 Å². The minimum absolute atomic E-state index is 0.164. The van der Waals surface area contributed by atoms with E-state index < -0.39 is 0 Å². The Labute approximate surface area is 92.1 Å². The van der Waals surface area contributed by atoms with E-state index in [2.05, 4.69) is 18.7 Å². The monoisotopic (exact) mass is 211 g/mol. The van der Waals surface area contributed by atoms with Gasteiger partial charge in [0.05, 0.1) is 6.61 Å². The fourth-order valence-electron chi connectivity index (χ4n) is 1.85. The predicted octanol–water partition coefficient (Wildman–Crippen LogP) is 2.33. The van der Waals surface area contributed by atoms with Crippen molar-refractivity contribution >= 4 is 5.97 Å². The lowest BCUT2D eigenvalue weighted by molar-refractivity contribution is -0.142. The number of nitrogens with zero attached hydrogens (tertiary/aromatic N) is 1. The van der Waals surface area contributed by atoms with Crippen LogP contribution in [0.2, 0.25) is 0 Å². The third kappa shape index (κ3) is 2.98. The molecule has 0 spiro atoms. The van der Waals surface area contributed by atoms with Crippen LogP contribution in [0.4, 0.5) is 0 Å². The molecular weight excluding hydrogens is 190 g/mol. The van der Waals surface area contributed by atoms with Crippen molar-refractivity contribution in [1.29, 1.82) is 0 Å². The van der Waals surface area contributed by atoms with E-state index in [1.54, 1.807) is 0 Å². The Morgan fingerprint density at radius 3 is 2.53 bits per heavy atom. The molecule has 0 aromatic carbocycles. The largest absolute Gasteiger partial charge is 0.461 e. The Balaban J connectivity index is 2.97. The van der Waals surface area contributed by atoms with Crippen molar-refractivity contribution in [3.05, 3.63) is 11.3 Å². The second-order valence-electron chi connectivity index (χ2n) is 4.48. The van der Waals surface area contributed by atoms with Crippen molar-refractivity contribution < 1.29 is 9.53 Å². The van der Waals surface area contributed by atoms with Crippen LogP contribution in [0.1, 0.15) is 40.5 Å². The molecule has 3 nitrogen and oxygen atoms in total. The second kappa shape index (κ2) is 5.19. The minimum Gasteiger partial charge on any atom is -0.461 e. The molecule has 3 heteroatoms. The summed E-state index contributed by atoms with van der Waals surface area (Å²) in [6.45, 7) is 9.66. The molecule has 0 amide bonds. The summed E-state index contributed by atoms with van der Waals surface area (Å²) in [6.07, 6.45) is 2.05. The number of carbonyl (C=O) groups is 1. The predicted molar refractivity (Wildman–Crippen MR) is 60.4 cm³/mol. The normalized spacial score (nSPS) is 18.6. The lowest BCUT2D eigenvalue weighted by atomic mass is 10.1. The lowest BCUT2D eigenvalue weighted by Gasteiger charge is -2.32. The summed E-state index contributed by atoms with van der Waals surface area (Å²) in [5.74, 6) is -0.164. The van der Waals surface area contributed by atoms with Crippen LogP contribution in [0.15, 0.2) is 11.3 Å². The van der Waals surface area contributed by atoms with Gasteiger partial charge in [-0.3, -0.25) is 0 Å². The summed E-state index contributed by atoms with van der Waals surface area (Å²) >= 11 is 0. The van der Waals surface area contributed by atoms with E-state index in [4.69, 9.17) is 4.74 Å². The highest BCUT2D eigenvalue weighted by Crippen LogP contribution is 2.19. The van der Waals surface area contributed by atoms with Crippen molar-refractivity contribution in [1.82, 2.24) is 4.90 Å². The smallest absolute Gasteiger partial charge is 0.354 e. The molecule has 1 rings (SSSR count). The molecule has 0 aliphatic carbocycles. The van der Waals surface area contributed by atoms with Gasteiger partial charge < -0.3 is 9.64 Å². The van der Waals surface area contributed by atoms with Crippen molar-refractivity contribution in [2.75, 3.05) is 13.2 Å². The first-order chi connectivity index (χ1) is 7.04. The number of carbonyl (C=O) groups excluding carboxylic acids is 1. The number of hydrogen-bond acceptors (Lipinski definition) is 3. The van der Waals surface area contributed by atoms with Crippen molar-refractivity contribution in [2.45, 2.75) is 46.6 Å². The van der Waals surface area contributed by atoms with E-state index in [0.717, 1.165) is 30.7 Å². The quantitative estimate of drug-likeness (QED) is 0.492. The summed E-state index contributed by atoms with van der Waals surface area (Å²) < 4.78 is 5.20. The van der Waals surface area contributed by atoms with Crippen LogP contribution in [0.3, 0.4) is 0 Å². The Morgan fingerprint density at radius 2 is 2.00 bits per heavy atom. The summed E-state index contributed by atoms with van der Waals surface area (Å²) in [5, 5.41) is 0. The fourth-order valence-corrected chi connectivity index (χ4v) is 1.85. The zero-order valence-electron chi connectivity index (χ0n) is 10.2. The molecule has 1 fully saturated rings. The summed E-state index contributed by atoms with van der Waals surface area (Å²) in [6, 6.07) is 0.348. The molecule has 0 N–H and O–H groups in total. The molecule has 0 saturated carbocycles. The molecule has 0 aromatic heterocycles. The highest BCUT2D eigenvalue weighted by atomic mass is 16.5. The molecule has 86 valence electrons. The van der Waals surface area contributed by atoms with E-state index >= 15 is 0 Å². The summed E-state index contributed by atoms with van der Waals surface area (Å²) in [4.78, 5) is 14.0. The number of allylic oxidation sites excluding steroid dienone is 1. The zero-order valence-corrected chi connectivity index (χ0v) is 10.2. The first-order valence-corrected chi connectivity index (χ1v) is 5.65. The van der Waals surface area contributed by atoms with Crippen molar-refractivity contribution in [2.24, 2.45) is 0 Å². The summed E-state index contributed by atoms with van der Waals surface area (Å²) in [5.41, 5.74) is 1.79. The third-order valence-electron chi connectivity index (χ3n) is 2.60. The molecule has 1 aliphatic heterocycles. The standard InChI is InChI=1S/C12H21NO2/c1-9(2)11-12(14)15-8-6-5-7-13(11)10(3)4/h10H,5-8H2,1-4H3. The molecule has 1 aliphatic rings. The summed E-state index contributed by atoms with van der Waals surface area (Å²) in [7, 11) is 0. The molecule has 0 atom stereocenters. The molecule has 0 radical (unpaired) electrons. The van der Waals surface area contributed by atoms with Crippen LogP contribution < -0.4 is 0 Å². The molecule has 1 saturated heterocycles. The van der Waals surface area contributed by atoms with Gasteiger partial charge in [0.1, 0.15) is 5.70 Å². The number of rotatable bonds is 1. The van der Waals surface area contributed by atoms with Gasteiger partial charge in [0.15, 0.2) is 0 Å². The minimum atomic E-state index is -0.164. The van der Waals surface area contributed by atoms with Crippen LogP contribution in [-0.4, -0.2) is 30.1 Å². The number of esters is 1. The maximum Gasteiger partial charge on any atom is 0.354 e. The van der Waals surface area contributed by atoms with Gasteiger partial charge in [-0.1, -0.05) is 0 Å². The van der Waals surface area contributed by atoms with E-state index in [1.807, 2.05) is 13.8 Å². The number of cyclic esters (lactones) is 1. The van der Waals surface area contributed by atoms with Crippen LogP contribution in [0.5, 0.6) is 0 Å². The van der Waals surface area contributed by atoms with E-state index in [1.165, 1.54) is 0 Å². The SMILES string of the molecule is CC(C)=C1C(=O)OCCCCN1C(C)C. The van der Waals surface area contributed by atoms with Gasteiger partial charge in [-0.15, -0.1) is 0 Å². The number of hydrogen-bond donors (Lipinski definition) is 0. The molecule has 1 heterocycles. The van der Waals surface area contributed by atoms with E-state index in [0.29, 0.717) is 12.6 Å². The second-order valence-corrected chi connectivity index (χ2v) is 4.48. The van der Waals surface area contributed by atoms with Crippen LogP contribution in [0.25, 0.3) is 0 Å². The lowest BCUT2D eigenvalue weighted by Crippen LogP contribution is -2.37. The van der Waals surface area contributed by atoms with Gasteiger partial charge in [-0.25, -0.2) is 4.79 Å². The van der Waals surface area contributed by atoms with Gasteiger partial charge in [-0.2, -0.15) is 0 Å². The number of ether oxygens (including phenoxy) is 1. The third-order valence-corrected chi connectivity index (χ3v) is 2.60. The molecule has 0 unspecified atom stereocenters. The first kappa shape index (κ1) is 12.1. The van der Waals surface area contributed by atoms with Crippen LogP contribution in [-0.2, 0) is 9.53 Å². The Bertz CT molecular complexity index is 265. The van der Waals surface area contributed by atoms with E-state index in [-0.39, 0.29) is 5.97 Å². The molecule has 0 bridgehead atoms. The zero-order chi connectivity index (χ0) is 11.4. The van der Waals surface area contributed by atoms with Crippen molar-refractivity contribution in [3.8, 4) is 0 Å². The fraction of sp³-hybridized carbons (Fsp3) is 0.750. The molecular formula is C12H21NO2. The Morgan fingerprint density at radius 1 is 1.33 bits per heavy atom. The Hall–Kier alpha value is -0.990. The Kier molecular flexibility index (Phi) is 4.18. The molecule has 15 heavy (non-hydrogen) atoms. The highest BCUT2D eigenvalue weighted by molar-refractivity contribution is 5.88. The van der Waals surface area contributed by atoms with Gasteiger partial charge in [0.25, 0.3) is 0 Å². The highest BCUT2D eigenvalue weighted by Gasteiger charge is 2.23. The maximum atomic E-state index is 11.8. The average Bonchev–Trinajstić information content (AvgIpc) is 2.09. The topological polar surface area (TPSA) is 29.5 Å². The maximum absolute atomic E-state index is 11.8. The van der Waals surface area contributed by atoms with Gasteiger partial charge in [0, 0.05) is 12.6 Å². The van der Waals surface area contributed by atoms with Crippen LogP contribution in [0, 0.1) is 0 Å². The van der Waals surface area contributed by atoms with Gasteiger partial charge >= 0.3 is 5.97 Å². The molecule has 0 aromatic rings. The first-order valence-electron chi connectivity index (χ1n) is 5.65. The van der Waals surface area contributed by atoms with Crippen molar-refractivity contribution in [3.63, 3.8) is 0 Å². The van der Waals surface area contributed by atoms with Gasteiger partial charge in [-0.05, 0) is 46.1 Å². The van der Waals surface area contributed by atoms with Gasteiger partial charge in [0.2, 0.25) is 0 Å². The average molecular weight is 211 g/mol.